The Morgan fingerprint density at radius 3 is 2.25 bits per heavy atom. The second-order valence-corrected chi connectivity index (χ2v) is 5.21. The third kappa shape index (κ3) is 5.53. The van der Waals surface area contributed by atoms with Crippen molar-refractivity contribution in [3.63, 3.8) is 0 Å². The second-order valence-electron chi connectivity index (χ2n) is 5.21. The number of hydrogen-bond acceptors (Lipinski definition) is 1. The molecule has 0 radical (unpaired) electrons. The first-order valence-corrected chi connectivity index (χ1v) is 7.34. The number of halogens is 3. The molecule has 0 aliphatic carbocycles. The van der Waals surface area contributed by atoms with Gasteiger partial charge in [-0.05, 0) is 24.4 Å². The minimum atomic E-state index is -4.26. The quantitative estimate of drug-likeness (QED) is 0.701. The van der Waals surface area contributed by atoms with Crippen LogP contribution in [-0.4, -0.2) is 12.7 Å². The minimum Gasteiger partial charge on any atom is -0.302 e. The Balaban J connectivity index is 2.67. The summed E-state index contributed by atoms with van der Waals surface area (Å²) in [6, 6.07) is 6.50. The van der Waals surface area contributed by atoms with E-state index in [1.54, 1.807) is 18.2 Å². The molecule has 1 nitrogen and oxygen atoms in total. The van der Waals surface area contributed by atoms with E-state index in [9.17, 15) is 13.2 Å². The number of nitrogens with one attached hydrogen (secondary N) is 1. The van der Waals surface area contributed by atoms with Crippen molar-refractivity contribution in [2.45, 2.75) is 51.7 Å². The van der Waals surface area contributed by atoms with Crippen LogP contribution in [0.3, 0.4) is 0 Å². The van der Waals surface area contributed by atoms with Crippen LogP contribution in [0, 0.1) is 5.92 Å². The van der Waals surface area contributed by atoms with Gasteiger partial charge in [0.2, 0.25) is 0 Å². The Labute approximate surface area is 119 Å². The third-order valence-electron chi connectivity index (χ3n) is 3.61. The molecule has 4 heteroatoms. The summed E-state index contributed by atoms with van der Waals surface area (Å²) < 4.78 is 39.4. The minimum absolute atomic E-state index is 0.283. The van der Waals surface area contributed by atoms with Crippen molar-refractivity contribution in [1.29, 1.82) is 0 Å². The largest absolute Gasteiger partial charge is 0.407 e. The molecule has 1 aromatic carbocycles. The highest BCUT2D eigenvalue weighted by Crippen LogP contribution is 2.32. The van der Waals surface area contributed by atoms with E-state index in [1.807, 2.05) is 6.92 Å². The van der Waals surface area contributed by atoms with E-state index < -0.39 is 12.2 Å². The van der Waals surface area contributed by atoms with Crippen molar-refractivity contribution in [1.82, 2.24) is 5.32 Å². The fourth-order valence-corrected chi connectivity index (χ4v) is 2.30. The number of unbranched alkanes of at least 4 members (excludes halogenated alkanes) is 1. The predicted molar refractivity (Wildman–Crippen MR) is 76.5 cm³/mol. The second kappa shape index (κ2) is 8.30. The standard InChI is InChI=1S/C16H24F3N/c1-3-5-9-13(4-2)12-20-15(16(17,18)19)14-10-7-6-8-11-14/h6-8,10-11,13,15,20H,3-5,9,12H2,1-2H3. The summed E-state index contributed by atoms with van der Waals surface area (Å²) in [5, 5.41) is 2.71. The van der Waals surface area contributed by atoms with Crippen LogP contribution in [0.1, 0.15) is 51.1 Å². The van der Waals surface area contributed by atoms with Crippen LogP contribution < -0.4 is 5.32 Å². The van der Waals surface area contributed by atoms with E-state index in [2.05, 4.69) is 12.2 Å². The number of alkyl halides is 3. The molecule has 0 fully saturated rings. The SMILES string of the molecule is CCCCC(CC)CNC(c1ccccc1)C(F)(F)F. The molecule has 2 unspecified atom stereocenters. The van der Waals surface area contributed by atoms with Crippen molar-refractivity contribution in [3.05, 3.63) is 35.9 Å². The molecule has 114 valence electrons. The van der Waals surface area contributed by atoms with Crippen LogP contribution in [0.2, 0.25) is 0 Å². The first-order valence-electron chi connectivity index (χ1n) is 7.34. The van der Waals surface area contributed by atoms with E-state index in [1.165, 1.54) is 12.1 Å². The molecule has 0 aliphatic rings. The van der Waals surface area contributed by atoms with Gasteiger partial charge in [-0.2, -0.15) is 13.2 Å². The normalized spacial score (nSPS) is 15.1. The zero-order valence-corrected chi connectivity index (χ0v) is 12.2. The molecule has 0 bridgehead atoms. The third-order valence-corrected chi connectivity index (χ3v) is 3.61. The molecular weight excluding hydrogens is 263 g/mol. The molecule has 0 saturated carbocycles. The van der Waals surface area contributed by atoms with Crippen LogP contribution in [-0.2, 0) is 0 Å². The van der Waals surface area contributed by atoms with E-state index >= 15 is 0 Å². The van der Waals surface area contributed by atoms with E-state index in [4.69, 9.17) is 0 Å². The summed E-state index contributed by atoms with van der Waals surface area (Å²) in [7, 11) is 0. The van der Waals surface area contributed by atoms with Gasteiger partial charge in [0.05, 0.1) is 0 Å². The Morgan fingerprint density at radius 2 is 1.75 bits per heavy atom. The zero-order valence-electron chi connectivity index (χ0n) is 12.2. The summed E-state index contributed by atoms with van der Waals surface area (Å²) in [5.41, 5.74) is 0.283. The Kier molecular flexibility index (Phi) is 7.06. The van der Waals surface area contributed by atoms with Gasteiger partial charge < -0.3 is 5.32 Å². The van der Waals surface area contributed by atoms with Crippen LogP contribution >= 0.6 is 0 Å². The molecule has 1 aromatic rings. The highest BCUT2D eigenvalue weighted by molar-refractivity contribution is 5.20. The van der Waals surface area contributed by atoms with Gasteiger partial charge in [-0.15, -0.1) is 0 Å². The van der Waals surface area contributed by atoms with Crippen molar-refractivity contribution in [2.75, 3.05) is 6.54 Å². The molecule has 20 heavy (non-hydrogen) atoms. The molecule has 1 rings (SSSR count). The first-order chi connectivity index (χ1) is 9.49. The molecule has 0 heterocycles. The number of hydrogen-bond donors (Lipinski definition) is 1. The fourth-order valence-electron chi connectivity index (χ4n) is 2.30. The Bertz CT molecular complexity index is 362. The summed E-state index contributed by atoms with van der Waals surface area (Å²) in [6.07, 6.45) is -0.212. The summed E-state index contributed by atoms with van der Waals surface area (Å²) in [4.78, 5) is 0. The Hall–Kier alpha value is -1.03. The van der Waals surface area contributed by atoms with E-state index in [0.717, 1.165) is 25.7 Å². The fraction of sp³-hybridized carbons (Fsp3) is 0.625. The lowest BCUT2D eigenvalue weighted by Crippen LogP contribution is -2.37. The van der Waals surface area contributed by atoms with Gasteiger partial charge in [0, 0.05) is 0 Å². The molecule has 2 atom stereocenters. The monoisotopic (exact) mass is 287 g/mol. The first kappa shape index (κ1) is 17.0. The maximum Gasteiger partial charge on any atom is 0.407 e. The van der Waals surface area contributed by atoms with Gasteiger partial charge in [0.1, 0.15) is 6.04 Å². The summed E-state index contributed by atoms with van der Waals surface area (Å²) in [6.45, 7) is 4.55. The molecule has 0 amide bonds. The van der Waals surface area contributed by atoms with Gasteiger partial charge in [0.15, 0.2) is 0 Å². The average Bonchev–Trinajstić information content (AvgIpc) is 2.42. The smallest absolute Gasteiger partial charge is 0.302 e. The van der Waals surface area contributed by atoms with Crippen LogP contribution in [0.15, 0.2) is 30.3 Å². The summed E-state index contributed by atoms with van der Waals surface area (Å²) in [5.74, 6) is 0.309. The lowest BCUT2D eigenvalue weighted by Gasteiger charge is -2.25. The molecule has 0 spiro atoms. The van der Waals surface area contributed by atoms with Gasteiger partial charge in [-0.3, -0.25) is 0 Å². The number of rotatable bonds is 8. The lowest BCUT2D eigenvalue weighted by atomic mass is 9.98. The molecular formula is C16H24F3N. The maximum atomic E-state index is 13.1. The molecule has 0 aliphatic heterocycles. The Morgan fingerprint density at radius 1 is 1.10 bits per heavy atom. The zero-order chi connectivity index (χ0) is 15.0. The van der Waals surface area contributed by atoms with Gasteiger partial charge in [-0.25, -0.2) is 0 Å². The van der Waals surface area contributed by atoms with Crippen LogP contribution in [0.25, 0.3) is 0 Å². The molecule has 0 aromatic heterocycles. The molecule has 1 N–H and O–H groups in total. The predicted octanol–water partition coefficient (Wildman–Crippen LogP) is 5.10. The van der Waals surface area contributed by atoms with Crippen LogP contribution in [0.4, 0.5) is 13.2 Å². The van der Waals surface area contributed by atoms with Gasteiger partial charge >= 0.3 is 6.18 Å². The van der Waals surface area contributed by atoms with E-state index in [0.29, 0.717) is 12.5 Å². The van der Waals surface area contributed by atoms with Crippen molar-refractivity contribution >= 4 is 0 Å². The summed E-state index contributed by atoms with van der Waals surface area (Å²) >= 11 is 0. The maximum absolute atomic E-state index is 13.1. The highest BCUT2D eigenvalue weighted by atomic mass is 19.4. The highest BCUT2D eigenvalue weighted by Gasteiger charge is 2.40. The van der Waals surface area contributed by atoms with Crippen molar-refractivity contribution < 1.29 is 13.2 Å². The van der Waals surface area contributed by atoms with E-state index in [-0.39, 0.29) is 5.56 Å². The van der Waals surface area contributed by atoms with Gasteiger partial charge in [-0.1, -0.05) is 63.4 Å². The van der Waals surface area contributed by atoms with Crippen LogP contribution in [0.5, 0.6) is 0 Å². The lowest BCUT2D eigenvalue weighted by molar-refractivity contribution is -0.158. The average molecular weight is 287 g/mol. The number of benzene rings is 1. The topological polar surface area (TPSA) is 12.0 Å². The molecule has 0 saturated heterocycles. The van der Waals surface area contributed by atoms with Crippen molar-refractivity contribution in [3.8, 4) is 0 Å². The van der Waals surface area contributed by atoms with Gasteiger partial charge in [0.25, 0.3) is 0 Å². The van der Waals surface area contributed by atoms with Crippen molar-refractivity contribution in [2.24, 2.45) is 5.92 Å².